The third-order valence-corrected chi connectivity index (χ3v) is 6.28. The fourth-order valence-electron chi connectivity index (χ4n) is 4.00. The van der Waals surface area contributed by atoms with Gasteiger partial charge in [-0.25, -0.2) is 0 Å². The lowest BCUT2D eigenvalue weighted by atomic mass is 9.74. The van der Waals surface area contributed by atoms with Gasteiger partial charge in [0.2, 0.25) is 0 Å². The van der Waals surface area contributed by atoms with Crippen LogP contribution >= 0.6 is 11.8 Å². The highest BCUT2D eigenvalue weighted by atomic mass is 32.2. The maximum Gasteiger partial charge on any atom is 0.0103 e. The number of hydrogen-bond donors (Lipinski definition) is 1. The van der Waals surface area contributed by atoms with E-state index >= 15 is 0 Å². The summed E-state index contributed by atoms with van der Waals surface area (Å²) in [6, 6.07) is 1.60. The van der Waals surface area contributed by atoms with Gasteiger partial charge in [-0.05, 0) is 56.1 Å². The summed E-state index contributed by atoms with van der Waals surface area (Å²) in [5, 5.41) is 4.95. The molecule has 0 aromatic heterocycles. The van der Waals surface area contributed by atoms with Crippen molar-refractivity contribution in [3.8, 4) is 0 Å². The van der Waals surface area contributed by atoms with Crippen molar-refractivity contribution in [2.24, 2.45) is 17.8 Å². The standard InChI is InChI=1S/C16H31NS/c1-11(2)15-8-5-12(3)9-16(15)17-13-6-7-14(10-13)18-4/h11-17H,5-10H2,1-4H3. The molecule has 18 heavy (non-hydrogen) atoms. The van der Waals surface area contributed by atoms with Gasteiger partial charge in [0, 0.05) is 17.3 Å². The Morgan fingerprint density at radius 1 is 1.06 bits per heavy atom. The second-order valence-corrected chi connectivity index (χ2v) is 8.11. The zero-order valence-electron chi connectivity index (χ0n) is 12.6. The molecule has 0 spiro atoms. The predicted molar refractivity (Wildman–Crippen MR) is 83.2 cm³/mol. The minimum Gasteiger partial charge on any atom is -0.311 e. The molecule has 2 fully saturated rings. The molecule has 2 rings (SSSR count). The molecule has 0 radical (unpaired) electrons. The highest BCUT2D eigenvalue weighted by molar-refractivity contribution is 7.99. The van der Waals surface area contributed by atoms with Gasteiger partial charge in [-0.1, -0.05) is 27.2 Å². The van der Waals surface area contributed by atoms with Crippen LogP contribution in [0.25, 0.3) is 0 Å². The van der Waals surface area contributed by atoms with Crippen molar-refractivity contribution in [2.45, 2.75) is 76.6 Å². The minimum atomic E-state index is 0.791. The Morgan fingerprint density at radius 3 is 2.44 bits per heavy atom. The fraction of sp³-hybridized carbons (Fsp3) is 1.00. The van der Waals surface area contributed by atoms with Crippen molar-refractivity contribution in [2.75, 3.05) is 6.26 Å². The molecule has 5 atom stereocenters. The Kier molecular flexibility index (Phi) is 5.44. The van der Waals surface area contributed by atoms with E-state index in [4.69, 9.17) is 0 Å². The van der Waals surface area contributed by atoms with Crippen LogP contribution in [0.2, 0.25) is 0 Å². The first-order valence-corrected chi connectivity index (χ1v) is 9.17. The number of thioether (sulfide) groups is 1. The van der Waals surface area contributed by atoms with E-state index in [0.717, 1.165) is 35.1 Å². The molecule has 0 aromatic carbocycles. The lowest BCUT2D eigenvalue weighted by molar-refractivity contribution is 0.159. The molecule has 2 saturated carbocycles. The van der Waals surface area contributed by atoms with Crippen LogP contribution in [0.1, 0.15) is 59.3 Å². The van der Waals surface area contributed by atoms with Crippen LogP contribution in [0.15, 0.2) is 0 Å². The molecule has 0 amide bonds. The fourth-order valence-corrected chi connectivity index (χ4v) is 4.80. The summed E-state index contributed by atoms with van der Waals surface area (Å²) in [6.07, 6.45) is 10.8. The van der Waals surface area contributed by atoms with Crippen LogP contribution in [0.4, 0.5) is 0 Å². The van der Waals surface area contributed by atoms with E-state index in [1.165, 1.54) is 38.5 Å². The second-order valence-electron chi connectivity index (χ2n) is 6.97. The first kappa shape index (κ1) is 14.7. The number of hydrogen-bond acceptors (Lipinski definition) is 2. The van der Waals surface area contributed by atoms with Gasteiger partial charge >= 0.3 is 0 Å². The summed E-state index contributed by atoms with van der Waals surface area (Å²) < 4.78 is 0. The largest absolute Gasteiger partial charge is 0.311 e. The summed E-state index contributed by atoms with van der Waals surface area (Å²) in [6.45, 7) is 7.26. The molecule has 0 saturated heterocycles. The lowest BCUT2D eigenvalue weighted by Gasteiger charge is -2.39. The SMILES string of the molecule is CSC1CCC(NC2CC(C)CCC2C(C)C)C1. The van der Waals surface area contributed by atoms with Crippen molar-refractivity contribution in [1.29, 1.82) is 0 Å². The highest BCUT2D eigenvalue weighted by Gasteiger charge is 2.33. The Hall–Kier alpha value is 0.310. The molecule has 0 bridgehead atoms. The average molecular weight is 269 g/mol. The molecule has 0 aromatic rings. The van der Waals surface area contributed by atoms with Crippen LogP contribution in [0.3, 0.4) is 0 Å². The van der Waals surface area contributed by atoms with Crippen LogP contribution in [0, 0.1) is 17.8 Å². The summed E-state index contributed by atoms with van der Waals surface area (Å²) in [7, 11) is 0. The molecule has 106 valence electrons. The van der Waals surface area contributed by atoms with Gasteiger partial charge in [0.15, 0.2) is 0 Å². The molecule has 2 aliphatic carbocycles. The lowest BCUT2D eigenvalue weighted by Crippen LogP contribution is -2.46. The van der Waals surface area contributed by atoms with Crippen LogP contribution in [-0.4, -0.2) is 23.6 Å². The van der Waals surface area contributed by atoms with E-state index < -0.39 is 0 Å². The minimum absolute atomic E-state index is 0.791. The quantitative estimate of drug-likeness (QED) is 0.815. The first-order chi connectivity index (χ1) is 8.60. The van der Waals surface area contributed by atoms with Gasteiger partial charge in [-0.15, -0.1) is 0 Å². The number of nitrogens with one attached hydrogen (secondary N) is 1. The van der Waals surface area contributed by atoms with E-state index in [-0.39, 0.29) is 0 Å². The maximum atomic E-state index is 4.03. The van der Waals surface area contributed by atoms with Crippen molar-refractivity contribution < 1.29 is 0 Å². The van der Waals surface area contributed by atoms with Crippen LogP contribution < -0.4 is 5.32 Å². The molecule has 5 unspecified atom stereocenters. The van der Waals surface area contributed by atoms with E-state index in [0.29, 0.717) is 0 Å². The van der Waals surface area contributed by atoms with Crippen molar-refractivity contribution in [3.05, 3.63) is 0 Å². The van der Waals surface area contributed by atoms with Gasteiger partial charge in [-0.3, -0.25) is 0 Å². The van der Waals surface area contributed by atoms with Crippen LogP contribution in [-0.2, 0) is 0 Å². The molecular formula is C16H31NS. The van der Waals surface area contributed by atoms with Gasteiger partial charge in [0.1, 0.15) is 0 Å². The zero-order valence-corrected chi connectivity index (χ0v) is 13.4. The molecule has 0 heterocycles. The van der Waals surface area contributed by atoms with Gasteiger partial charge in [-0.2, -0.15) is 11.8 Å². The topological polar surface area (TPSA) is 12.0 Å². The van der Waals surface area contributed by atoms with E-state index in [2.05, 4.69) is 44.1 Å². The van der Waals surface area contributed by atoms with Crippen molar-refractivity contribution >= 4 is 11.8 Å². The Bertz CT molecular complexity index is 253. The van der Waals surface area contributed by atoms with Crippen LogP contribution in [0.5, 0.6) is 0 Å². The highest BCUT2D eigenvalue weighted by Crippen LogP contribution is 2.35. The maximum absolute atomic E-state index is 4.03. The molecule has 1 N–H and O–H groups in total. The first-order valence-electron chi connectivity index (χ1n) is 7.89. The summed E-state index contributed by atoms with van der Waals surface area (Å²) >= 11 is 2.07. The monoisotopic (exact) mass is 269 g/mol. The Balaban J connectivity index is 1.88. The van der Waals surface area contributed by atoms with E-state index in [1.54, 1.807) is 0 Å². The van der Waals surface area contributed by atoms with Gasteiger partial charge in [0.05, 0.1) is 0 Å². The zero-order chi connectivity index (χ0) is 13.1. The predicted octanol–water partition coefficient (Wildman–Crippen LogP) is 4.32. The Morgan fingerprint density at radius 2 is 1.83 bits per heavy atom. The van der Waals surface area contributed by atoms with Crippen molar-refractivity contribution in [3.63, 3.8) is 0 Å². The molecule has 1 nitrogen and oxygen atoms in total. The summed E-state index contributed by atoms with van der Waals surface area (Å²) in [4.78, 5) is 0. The average Bonchev–Trinajstić information content (AvgIpc) is 2.76. The summed E-state index contributed by atoms with van der Waals surface area (Å²) in [5.41, 5.74) is 0. The molecule has 2 aliphatic rings. The van der Waals surface area contributed by atoms with Gasteiger partial charge in [0.25, 0.3) is 0 Å². The third-order valence-electron chi connectivity index (χ3n) is 5.19. The van der Waals surface area contributed by atoms with E-state index in [1.807, 2.05) is 0 Å². The smallest absolute Gasteiger partial charge is 0.0103 e. The third kappa shape index (κ3) is 3.66. The Labute approximate surface area is 118 Å². The molecular weight excluding hydrogens is 238 g/mol. The molecule has 2 heteroatoms. The van der Waals surface area contributed by atoms with Crippen molar-refractivity contribution in [1.82, 2.24) is 5.32 Å². The van der Waals surface area contributed by atoms with Gasteiger partial charge < -0.3 is 5.32 Å². The van der Waals surface area contributed by atoms with E-state index in [9.17, 15) is 0 Å². The summed E-state index contributed by atoms with van der Waals surface area (Å²) in [5.74, 6) is 2.68. The normalized spacial score (nSPS) is 41.5. The second kappa shape index (κ2) is 6.65. The number of rotatable bonds is 4. The molecule has 0 aliphatic heterocycles.